The van der Waals surface area contributed by atoms with Crippen molar-refractivity contribution < 1.29 is 19.1 Å². The van der Waals surface area contributed by atoms with Gasteiger partial charge < -0.3 is 14.0 Å². The Morgan fingerprint density at radius 2 is 2.06 bits per heavy atom. The minimum atomic E-state index is -0.693. The van der Waals surface area contributed by atoms with Crippen LogP contribution < -0.4 is 11.0 Å². The van der Waals surface area contributed by atoms with Gasteiger partial charge in [-0.1, -0.05) is 18.7 Å². The first kappa shape index (κ1) is 23.6. The number of nitrogens with zero attached hydrogens (tertiary/aromatic N) is 4. The highest BCUT2D eigenvalue weighted by atomic mass is 16.5. The van der Waals surface area contributed by atoms with E-state index in [-0.39, 0.29) is 41.3 Å². The van der Waals surface area contributed by atoms with E-state index in [1.807, 2.05) is 26.8 Å². The van der Waals surface area contributed by atoms with Crippen molar-refractivity contribution in [3.8, 4) is 0 Å². The quantitative estimate of drug-likeness (QED) is 0.237. The average molecular weight is 450 g/mol. The Hall–Kier alpha value is -4.01. The average Bonchev–Trinajstić information content (AvgIpc) is 2.77. The third-order valence-electron chi connectivity index (χ3n) is 4.81. The molecular weight excluding hydrogens is 424 g/mol. The van der Waals surface area contributed by atoms with E-state index in [4.69, 9.17) is 14.5 Å². The summed E-state index contributed by atoms with van der Waals surface area (Å²) >= 11 is 0. The molecule has 172 valence electrons. The van der Waals surface area contributed by atoms with Crippen molar-refractivity contribution >= 4 is 28.6 Å². The van der Waals surface area contributed by atoms with Crippen LogP contribution in [-0.2, 0) is 14.3 Å². The van der Waals surface area contributed by atoms with Crippen LogP contribution in [0.25, 0.3) is 16.7 Å². The lowest BCUT2D eigenvalue weighted by molar-refractivity contribution is -0.120. The van der Waals surface area contributed by atoms with Gasteiger partial charge in [-0.2, -0.15) is 4.99 Å². The molecule has 3 heterocycles. The van der Waals surface area contributed by atoms with E-state index in [9.17, 15) is 14.4 Å². The number of pyridine rings is 2. The first-order valence-electron chi connectivity index (χ1n) is 10.5. The molecule has 0 aliphatic heterocycles. The maximum absolute atomic E-state index is 13.3. The molecule has 0 unspecified atom stereocenters. The van der Waals surface area contributed by atoms with Crippen LogP contribution in [0.2, 0.25) is 0 Å². The number of hydrogen-bond donors (Lipinski definition) is 0. The van der Waals surface area contributed by atoms with Crippen molar-refractivity contribution in [3.05, 3.63) is 76.4 Å². The van der Waals surface area contributed by atoms with Gasteiger partial charge in [0.25, 0.3) is 11.5 Å². The van der Waals surface area contributed by atoms with E-state index in [2.05, 4.69) is 11.6 Å². The Bertz CT molecular complexity index is 1400. The molecule has 9 nitrogen and oxygen atoms in total. The standard InChI is InChI=1S/C24H26N4O5/c1-6-8-12-32-14-19(29)25-22-18(24(31)33-7-2)13-17-21(28(22)15(3)4)26-20-16(5)10-9-11-27(20)23(17)30/h6,8-13,15H,1,7,14H2,2-5H3/b12-8-,25-22?. The highest BCUT2D eigenvalue weighted by molar-refractivity contribution is 5.94. The number of allylic oxidation sites excluding steroid dienone is 2. The first-order valence-corrected chi connectivity index (χ1v) is 10.5. The molecule has 0 aliphatic carbocycles. The van der Waals surface area contributed by atoms with E-state index in [0.29, 0.717) is 11.3 Å². The van der Waals surface area contributed by atoms with Gasteiger partial charge in [0, 0.05) is 12.2 Å². The molecule has 0 aliphatic rings. The zero-order valence-corrected chi connectivity index (χ0v) is 19.1. The molecule has 0 bridgehead atoms. The van der Waals surface area contributed by atoms with Crippen LogP contribution in [0.1, 0.15) is 42.7 Å². The molecule has 9 heteroatoms. The number of rotatable bonds is 7. The summed E-state index contributed by atoms with van der Waals surface area (Å²) in [6, 6.07) is 4.71. The molecule has 33 heavy (non-hydrogen) atoms. The van der Waals surface area contributed by atoms with Gasteiger partial charge in [0.15, 0.2) is 12.1 Å². The van der Waals surface area contributed by atoms with Gasteiger partial charge in [-0.05, 0) is 51.5 Å². The fraction of sp³-hybridized carbons (Fsp3) is 0.292. The Kier molecular flexibility index (Phi) is 7.22. The minimum absolute atomic E-state index is 0.000429. The lowest BCUT2D eigenvalue weighted by Crippen LogP contribution is -2.34. The maximum Gasteiger partial charge on any atom is 0.341 e. The zero-order chi connectivity index (χ0) is 24.1. The number of carbonyl (C=O) groups excluding carboxylic acids is 2. The molecule has 0 atom stereocenters. The number of fused-ring (bicyclic) bond motifs is 2. The highest BCUT2D eigenvalue weighted by Gasteiger charge is 2.21. The summed E-state index contributed by atoms with van der Waals surface area (Å²) in [5.41, 5.74) is 1.31. The van der Waals surface area contributed by atoms with Crippen molar-refractivity contribution in [2.24, 2.45) is 4.99 Å². The molecule has 0 saturated carbocycles. The van der Waals surface area contributed by atoms with E-state index in [1.165, 1.54) is 28.9 Å². The van der Waals surface area contributed by atoms with Crippen LogP contribution in [0.3, 0.4) is 0 Å². The fourth-order valence-electron chi connectivity index (χ4n) is 3.39. The molecule has 3 aromatic heterocycles. The number of aromatic nitrogens is 3. The third kappa shape index (κ3) is 4.77. The van der Waals surface area contributed by atoms with Gasteiger partial charge in [-0.3, -0.25) is 14.0 Å². The van der Waals surface area contributed by atoms with Crippen molar-refractivity contribution in [3.63, 3.8) is 0 Å². The van der Waals surface area contributed by atoms with Gasteiger partial charge >= 0.3 is 5.97 Å². The van der Waals surface area contributed by atoms with Crippen molar-refractivity contribution in [2.75, 3.05) is 13.2 Å². The molecule has 0 spiro atoms. The molecule has 0 radical (unpaired) electrons. The number of hydrogen-bond acceptors (Lipinski definition) is 6. The van der Waals surface area contributed by atoms with Crippen LogP contribution in [0.4, 0.5) is 0 Å². The second-order valence-corrected chi connectivity index (χ2v) is 7.49. The van der Waals surface area contributed by atoms with Gasteiger partial charge in [-0.25, -0.2) is 9.78 Å². The molecule has 0 aromatic carbocycles. The second kappa shape index (κ2) is 10.1. The molecular formula is C24H26N4O5. The molecule has 0 N–H and O–H groups in total. The fourth-order valence-corrected chi connectivity index (χ4v) is 3.39. The second-order valence-electron chi connectivity index (χ2n) is 7.49. The summed E-state index contributed by atoms with van der Waals surface area (Å²) in [6.07, 6.45) is 5.98. The van der Waals surface area contributed by atoms with Crippen LogP contribution in [0, 0.1) is 6.92 Å². The van der Waals surface area contributed by atoms with E-state index < -0.39 is 11.9 Å². The smallest absolute Gasteiger partial charge is 0.341 e. The summed E-state index contributed by atoms with van der Waals surface area (Å²) < 4.78 is 13.4. The van der Waals surface area contributed by atoms with Gasteiger partial charge in [-0.15, -0.1) is 0 Å². The first-order chi connectivity index (χ1) is 15.8. The Morgan fingerprint density at radius 3 is 2.73 bits per heavy atom. The van der Waals surface area contributed by atoms with Crippen LogP contribution in [0.15, 0.2) is 59.2 Å². The summed E-state index contributed by atoms with van der Waals surface area (Å²) in [7, 11) is 0. The van der Waals surface area contributed by atoms with Crippen LogP contribution in [0.5, 0.6) is 0 Å². The molecule has 0 saturated heterocycles. The third-order valence-corrected chi connectivity index (χ3v) is 4.81. The van der Waals surface area contributed by atoms with Crippen LogP contribution >= 0.6 is 0 Å². The Labute approximate surface area is 190 Å². The lowest BCUT2D eigenvalue weighted by atomic mass is 10.2. The maximum atomic E-state index is 13.3. The van der Waals surface area contributed by atoms with Crippen LogP contribution in [-0.4, -0.2) is 39.0 Å². The normalized spacial score (nSPS) is 12.1. The summed E-state index contributed by atoms with van der Waals surface area (Å²) in [4.78, 5) is 47.5. The summed E-state index contributed by atoms with van der Waals surface area (Å²) in [6.45, 7) is 10.5. The van der Waals surface area contributed by atoms with E-state index in [1.54, 1.807) is 23.8 Å². The Balaban J connectivity index is 2.41. The van der Waals surface area contributed by atoms with Gasteiger partial charge in [0.1, 0.15) is 16.9 Å². The topological polar surface area (TPSA) is 104 Å². The lowest BCUT2D eigenvalue weighted by Gasteiger charge is -2.18. The van der Waals surface area contributed by atoms with Gasteiger partial charge in [0.2, 0.25) is 0 Å². The van der Waals surface area contributed by atoms with E-state index in [0.717, 1.165) is 5.56 Å². The van der Waals surface area contributed by atoms with Crippen molar-refractivity contribution in [1.29, 1.82) is 0 Å². The summed E-state index contributed by atoms with van der Waals surface area (Å²) in [5.74, 6) is -1.31. The molecule has 3 rings (SSSR count). The number of carbonyl (C=O) groups is 2. The van der Waals surface area contributed by atoms with Gasteiger partial charge in [0.05, 0.1) is 18.3 Å². The predicted molar refractivity (Wildman–Crippen MR) is 124 cm³/mol. The predicted octanol–water partition coefficient (Wildman–Crippen LogP) is 2.86. The molecule has 0 fully saturated rings. The monoisotopic (exact) mass is 450 g/mol. The Morgan fingerprint density at radius 1 is 1.30 bits per heavy atom. The number of amides is 1. The SMILES string of the molecule is C=C/C=C\OCC(=O)N=c1c(C(=O)OCC)cc2c(=O)n3cccc(C)c3nc2n1C(C)C. The largest absolute Gasteiger partial charge is 0.491 e. The highest BCUT2D eigenvalue weighted by Crippen LogP contribution is 2.16. The minimum Gasteiger partial charge on any atom is -0.491 e. The van der Waals surface area contributed by atoms with Crippen molar-refractivity contribution in [2.45, 2.75) is 33.7 Å². The number of esters is 1. The van der Waals surface area contributed by atoms with E-state index >= 15 is 0 Å². The number of aryl methyl sites for hydroxylation is 1. The molecule has 3 aromatic rings. The number of ether oxygens (including phenoxy) is 2. The van der Waals surface area contributed by atoms with Crippen molar-refractivity contribution in [1.82, 2.24) is 14.0 Å². The zero-order valence-electron chi connectivity index (χ0n) is 19.1. The summed E-state index contributed by atoms with van der Waals surface area (Å²) in [5, 5.41) is 0.214. The molecule has 1 amide bonds.